The van der Waals surface area contributed by atoms with Gasteiger partial charge in [0, 0.05) is 37.8 Å². The second kappa shape index (κ2) is 6.20. The van der Waals surface area contributed by atoms with Crippen LogP contribution in [0, 0.1) is 0 Å². The van der Waals surface area contributed by atoms with Gasteiger partial charge in [-0.15, -0.1) is 0 Å². The molecule has 0 saturated carbocycles. The van der Waals surface area contributed by atoms with Gasteiger partial charge in [-0.3, -0.25) is 0 Å². The molecule has 0 unspecified atom stereocenters. The van der Waals surface area contributed by atoms with E-state index in [0.717, 1.165) is 22.9 Å². The van der Waals surface area contributed by atoms with Crippen LogP contribution in [0.5, 0.6) is 5.88 Å². The molecule has 1 N–H and O–H groups in total. The predicted molar refractivity (Wildman–Crippen MR) is 93.9 cm³/mol. The van der Waals surface area contributed by atoms with Crippen LogP contribution < -0.4 is 4.74 Å². The highest BCUT2D eigenvalue weighted by Gasteiger charge is 2.31. The third-order valence-corrected chi connectivity index (χ3v) is 6.36. The Labute approximate surface area is 146 Å². The topological polar surface area (TPSA) is 80.2 Å². The van der Waals surface area contributed by atoms with Crippen molar-refractivity contribution < 1.29 is 13.2 Å². The van der Waals surface area contributed by atoms with Crippen LogP contribution in [0.15, 0.2) is 41.6 Å². The minimum atomic E-state index is -3.67. The van der Waals surface area contributed by atoms with Crippen LogP contribution in [0.4, 0.5) is 0 Å². The molecule has 1 aliphatic heterocycles. The first-order valence-corrected chi connectivity index (χ1v) is 9.78. The smallest absolute Gasteiger partial charge is 0.250 e. The maximum Gasteiger partial charge on any atom is 0.250 e. The van der Waals surface area contributed by atoms with Crippen molar-refractivity contribution in [3.8, 4) is 5.88 Å². The van der Waals surface area contributed by atoms with Crippen molar-refractivity contribution in [3.05, 3.63) is 42.2 Å². The Morgan fingerprint density at radius 3 is 3.08 bits per heavy atom. The second-order valence-corrected chi connectivity index (χ2v) is 7.98. The molecular weight excluding hydrogens is 340 g/mol. The predicted octanol–water partition coefficient (Wildman–Crippen LogP) is 2.36. The molecule has 132 valence electrons. The summed E-state index contributed by atoms with van der Waals surface area (Å²) >= 11 is 0. The Hall–Kier alpha value is -2.32. The first-order valence-electron chi connectivity index (χ1n) is 8.34. The zero-order valence-electron chi connectivity index (χ0n) is 14.0. The number of hydrogen-bond acceptors (Lipinski definition) is 4. The lowest BCUT2D eigenvalue weighted by Crippen LogP contribution is -2.31. The van der Waals surface area contributed by atoms with E-state index in [-0.39, 0.29) is 4.90 Å². The molecule has 2 aromatic heterocycles. The van der Waals surface area contributed by atoms with Crippen molar-refractivity contribution in [2.75, 3.05) is 13.2 Å². The van der Waals surface area contributed by atoms with Gasteiger partial charge in [-0.05, 0) is 29.1 Å². The molecule has 3 heterocycles. The highest BCUT2D eigenvalue weighted by molar-refractivity contribution is 7.89. The fourth-order valence-electron chi connectivity index (χ4n) is 3.13. The number of benzene rings is 1. The monoisotopic (exact) mass is 360 g/mol. The van der Waals surface area contributed by atoms with Crippen LogP contribution >= 0.6 is 0 Å². The van der Waals surface area contributed by atoms with Crippen molar-refractivity contribution in [1.29, 1.82) is 0 Å². The maximum atomic E-state index is 13.1. The fourth-order valence-corrected chi connectivity index (χ4v) is 4.64. The zero-order chi connectivity index (χ0) is 17.4. The zero-order valence-corrected chi connectivity index (χ0v) is 14.8. The summed E-state index contributed by atoms with van der Waals surface area (Å²) in [6.07, 6.45) is 4.11. The summed E-state index contributed by atoms with van der Waals surface area (Å²) in [6, 6.07) is 7.90. The van der Waals surface area contributed by atoms with Crippen molar-refractivity contribution in [2.24, 2.45) is 0 Å². The Balaban J connectivity index is 1.66. The van der Waals surface area contributed by atoms with E-state index in [1.54, 1.807) is 4.68 Å². The molecule has 0 aliphatic carbocycles. The summed E-state index contributed by atoms with van der Waals surface area (Å²) in [5.74, 6) is 0.353. The normalized spacial score (nSPS) is 14.6. The first kappa shape index (κ1) is 16.2. The van der Waals surface area contributed by atoms with Gasteiger partial charge in [-0.2, -0.15) is 9.40 Å². The number of nitrogens with zero attached hydrogens (tertiary/aromatic N) is 3. The van der Waals surface area contributed by atoms with Crippen LogP contribution in [-0.2, 0) is 23.1 Å². The van der Waals surface area contributed by atoms with Crippen molar-refractivity contribution in [2.45, 2.75) is 31.3 Å². The van der Waals surface area contributed by atoms with Gasteiger partial charge in [0.05, 0.1) is 12.8 Å². The number of hydrogen-bond donors (Lipinski definition) is 1. The Bertz CT molecular complexity index is 1010. The molecule has 3 aromatic rings. The van der Waals surface area contributed by atoms with Gasteiger partial charge in [0.2, 0.25) is 15.9 Å². The van der Waals surface area contributed by atoms with Gasteiger partial charge in [0.1, 0.15) is 0 Å². The Morgan fingerprint density at radius 2 is 2.24 bits per heavy atom. The van der Waals surface area contributed by atoms with Gasteiger partial charge < -0.3 is 9.72 Å². The number of sulfonamides is 1. The lowest BCUT2D eigenvalue weighted by atomic mass is 10.1. The quantitative estimate of drug-likeness (QED) is 0.757. The molecule has 0 saturated heterocycles. The number of nitrogens with one attached hydrogen (secondary N) is 1. The highest BCUT2D eigenvalue weighted by Crippen LogP contribution is 2.30. The van der Waals surface area contributed by atoms with Crippen molar-refractivity contribution in [3.63, 3.8) is 0 Å². The van der Waals surface area contributed by atoms with E-state index < -0.39 is 10.0 Å². The molecule has 4 rings (SSSR count). The molecule has 0 amide bonds. The van der Waals surface area contributed by atoms with E-state index in [2.05, 4.69) is 10.1 Å². The van der Waals surface area contributed by atoms with Crippen LogP contribution in [0.25, 0.3) is 10.9 Å². The molecule has 0 atom stereocenters. The van der Waals surface area contributed by atoms with Gasteiger partial charge in [-0.1, -0.05) is 13.0 Å². The van der Waals surface area contributed by atoms with Crippen LogP contribution in [0.1, 0.15) is 18.9 Å². The van der Waals surface area contributed by atoms with Crippen LogP contribution in [0.2, 0.25) is 0 Å². The average molecular weight is 360 g/mol. The molecule has 8 heteroatoms. The van der Waals surface area contributed by atoms with Gasteiger partial charge in [-0.25, -0.2) is 13.1 Å². The summed E-state index contributed by atoms with van der Waals surface area (Å²) in [5, 5.41) is 5.23. The van der Waals surface area contributed by atoms with E-state index in [1.165, 1.54) is 10.5 Å². The molecule has 0 fully saturated rings. The lowest BCUT2D eigenvalue weighted by Gasteiger charge is -2.22. The number of aromatic amines is 1. The number of ether oxygens (including phenoxy) is 1. The third kappa shape index (κ3) is 2.81. The molecule has 25 heavy (non-hydrogen) atoms. The van der Waals surface area contributed by atoms with E-state index in [1.807, 2.05) is 37.4 Å². The molecule has 1 aromatic carbocycles. The van der Waals surface area contributed by atoms with Crippen LogP contribution in [-0.4, -0.2) is 40.6 Å². The van der Waals surface area contributed by atoms with E-state index in [0.29, 0.717) is 32.1 Å². The minimum Gasteiger partial charge on any atom is -0.477 e. The number of aromatic nitrogens is 3. The number of rotatable bonds is 5. The average Bonchev–Trinajstić information content (AvgIpc) is 3.25. The van der Waals surface area contributed by atoms with Crippen LogP contribution in [0.3, 0.4) is 0 Å². The molecule has 1 aliphatic rings. The maximum absolute atomic E-state index is 13.1. The van der Waals surface area contributed by atoms with E-state index >= 15 is 0 Å². The van der Waals surface area contributed by atoms with Gasteiger partial charge >= 0.3 is 0 Å². The van der Waals surface area contributed by atoms with E-state index in [9.17, 15) is 8.42 Å². The summed E-state index contributed by atoms with van der Waals surface area (Å²) in [5.41, 5.74) is 1.98. The fraction of sp³-hybridized carbons (Fsp3) is 0.353. The van der Waals surface area contributed by atoms with Gasteiger partial charge in [0.25, 0.3) is 0 Å². The standard InChI is InChI=1S/C17H20N4O3S/c1-2-20(12-13-4-5-15-14(10-13)6-7-18-15)25(22,23)16-11-19-21-8-3-9-24-17(16)21/h4-7,10-11,18H,2-3,8-9,12H2,1H3. The number of fused-ring (bicyclic) bond motifs is 2. The number of aryl methyl sites for hydroxylation is 1. The van der Waals surface area contributed by atoms with E-state index in [4.69, 9.17) is 4.74 Å². The molecular formula is C17H20N4O3S. The number of H-pyrrole nitrogens is 1. The second-order valence-electron chi connectivity index (χ2n) is 6.07. The third-order valence-electron chi connectivity index (χ3n) is 4.46. The minimum absolute atomic E-state index is 0.150. The molecule has 0 radical (unpaired) electrons. The Kier molecular flexibility index (Phi) is 4.01. The lowest BCUT2D eigenvalue weighted by molar-refractivity contribution is 0.224. The molecule has 0 spiro atoms. The summed E-state index contributed by atoms with van der Waals surface area (Å²) < 4.78 is 34.8. The SMILES string of the molecule is CCN(Cc1ccc2[nH]ccc2c1)S(=O)(=O)c1cnn2c1OCCC2. The molecule has 0 bridgehead atoms. The summed E-state index contributed by atoms with van der Waals surface area (Å²) in [6.45, 7) is 3.72. The Morgan fingerprint density at radius 1 is 1.36 bits per heavy atom. The first-order chi connectivity index (χ1) is 12.1. The summed E-state index contributed by atoms with van der Waals surface area (Å²) in [7, 11) is -3.67. The van der Waals surface area contributed by atoms with Crippen molar-refractivity contribution in [1.82, 2.24) is 19.1 Å². The van der Waals surface area contributed by atoms with Gasteiger partial charge in [0.15, 0.2) is 4.90 Å². The van der Waals surface area contributed by atoms with Crippen molar-refractivity contribution >= 4 is 20.9 Å². The molecule has 7 nitrogen and oxygen atoms in total. The summed E-state index contributed by atoms with van der Waals surface area (Å²) in [4.78, 5) is 3.29. The highest BCUT2D eigenvalue weighted by atomic mass is 32.2. The largest absolute Gasteiger partial charge is 0.477 e.